The monoisotopic (exact) mass is 545 g/mol. The van der Waals surface area contributed by atoms with Crippen molar-refractivity contribution in [2.75, 3.05) is 43.4 Å². The Balaban J connectivity index is 1.46. The average molecular weight is 546 g/mol. The van der Waals surface area contributed by atoms with E-state index in [-0.39, 0.29) is 24.3 Å². The number of benzene rings is 1. The molecule has 4 rings (SSSR count). The van der Waals surface area contributed by atoms with Gasteiger partial charge in [0.05, 0.1) is 17.5 Å². The number of amides is 3. The Morgan fingerprint density at radius 2 is 1.95 bits per heavy atom. The fourth-order valence-corrected chi connectivity index (χ4v) is 4.96. The van der Waals surface area contributed by atoms with E-state index >= 15 is 0 Å². The van der Waals surface area contributed by atoms with Crippen molar-refractivity contribution in [2.24, 2.45) is 11.7 Å². The number of unbranched alkanes of at least 4 members (excludes halogenated alkanes) is 1. The Labute approximate surface area is 233 Å². The minimum atomic E-state index is -0.402. The van der Waals surface area contributed by atoms with E-state index in [1.807, 2.05) is 18.0 Å². The molecular formula is C28H35N9O3. The highest BCUT2D eigenvalue weighted by Crippen LogP contribution is 2.30. The quantitative estimate of drug-likeness (QED) is 0.346. The molecule has 0 aliphatic carbocycles. The van der Waals surface area contributed by atoms with Gasteiger partial charge in [-0.25, -0.2) is 14.8 Å². The third-order valence-electron chi connectivity index (χ3n) is 7.33. The summed E-state index contributed by atoms with van der Waals surface area (Å²) < 4.78 is 1.42. The van der Waals surface area contributed by atoms with E-state index in [1.54, 1.807) is 41.4 Å². The van der Waals surface area contributed by atoms with Crippen molar-refractivity contribution in [1.82, 2.24) is 24.8 Å². The van der Waals surface area contributed by atoms with Crippen LogP contribution in [0.1, 0.15) is 43.0 Å². The first-order chi connectivity index (χ1) is 19.3. The molecule has 0 spiro atoms. The number of hydrogen-bond donors (Lipinski definition) is 3. The molecule has 2 aromatic heterocycles. The van der Waals surface area contributed by atoms with Crippen molar-refractivity contribution >= 4 is 40.4 Å². The molecule has 3 aromatic rings. The van der Waals surface area contributed by atoms with Crippen LogP contribution in [-0.2, 0) is 4.79 Å². The predicted molar refractivity (Wildman–Crippen MR) is 152 cm³/mol. The number of nitriles is 1. The van der Waals surface area contributed by atoms with Crippen LogP contribution in [0.3, 0.4) is 0 Å². The Morgan fingerprint density at radius 1 is 1.18 bits per heavy atom. The second-order valence-electron chi connectivity index (χ2n) is 10.00. The second kappa shape index (κ2) is 13.0. The van der Waals surface area contributed by atoms with E-state index < -0.39 is 6.03 Å². The minimum absolute atomic E-state index is 0.0111. The number of fused-ring (bicyclic) bond motifs is 1. The zero-order valence-corrected chi connectivity index (χ0v) is 22.8. The van der Waals surface area contributed by atoms with Crippen LogP contribution in [0.2, 0.25) is 0 Å². The van der Waals surface area contributed by atoms with Gasteiger partial charge in [-0.05, 0) is 62.1 Å². The van der Waals surface area contributed by atoms with Gasteiger partial charge in [0.25, 0.3) is 5.91 Å². The lowest BCUT2D eigenvalue weighted by Gasteiger charge is -2.42. The number of carbonyl (C=O) groups is 3. The fraction of sp³-hybridized carbons (Fsp3) is 0.429. The molecule has 2 atom stereocenters. The molecule has 4 N–H and O–H groups in total. The Bertz CT molecular complexity index is 1400. The third kappa shape index (κ3) is 6.38. The summed E-state index contributed by atoms with van der Waals surface area (Å²) in [6, 6.07) is 9.99. The van der Waals surface area contributed by atoms with E-state index in [1.165, 1.54) is 10.9 Å². The lowest BCUT2D eigenvalue weighted by Crippen LogP contribution is -2.52. The SMILES string of the molecule is C[C@@H]1CCN(C(=O)CC#N)C[C@@H]1N(C)c1ncnc2c1ccn2C(=O)Nc1ccc(C(=O)NCCCCN)cc1. The lowest BCUT2D eigenvalue weighted by atomic mass is 9.92. The van der Waals surface area contributed by atoms with E-state index in [0.717, 1.165) is 19.3 Å². The first-order valence-electron chi connectivity index (χ1n) is 13.4. The summed E-state index contributed by atoms with van der Waals surface area (Å²) in [7, 11) is 1.93. The highest BCUT2D eigenvalue weighted by Gasteiger charge is 2.33. The fourth-order valence-electron chi connectivity index (χ4n) is 4.96. The molecule has 0 radical (unpaired) electrons. The van der Waals surface area contributed by atoms with Gasteiger partial charge in [0.1, 0.15) is 18.6 Å². The van der Waals surface area contributed by atoms with Crippen LogP contribution >= 0.6 is 0 Å². The van der Waals surface area contributed by atoms with Gasteiger partial charge in [-0.2, -0.15) is 5.26 Å². The molecule has 12 heteroatoms. The van der Waals surface area contributed by atoms with Gasteiger partial charge in [0, 0.05) is 44.1 Å². The Hall–Kier alpha value is -4.50. The number of likely N-dealkylation sites (tertiary alicyclic amines) is 1. The zero-order valence-electron chi connectivity index (χ0n) is 22.8. The van der Waals surface area contributed by atoms with Gasteiger partial charge >= 0.3 is 6.03 Å². The number of nitrogens with zero attached hydrogens (tertiary/aromatic N) is 6. The van der Waals surface area contributed by atoms with E-state index in [9.17, 15) is 14.4 Å². The van der Waals surface area contributed by atoms with Crippen LogP contribution in [0, 0.1) is 17.2 Å². The highest BCUT2D eigenvalue weighted by atomic mass is 16.2. The van der Waals surface area contributed by atoms with Crippen LogP contribution in [0.25, 0.3) is 11.0 Å². The number of hydrogen-bond acceptors (Lipinski definition) is 8. The van der Waals surface area contributed by atoms with Crippen molar-refractivity contribution < 1.29 is 14.4 Å². The first kappa shape index (κ1) is 28.5. The number of piperidine rings is 1. The molecule has 0 saturated carbocycles. The minimum Gasteiger partial charge on any atom is -0.354 e. The third-order valence-corrected chi connectivity index (χ3v) is 7.33. The van der Waals surface area contributed by atoms with E-state index in [4.69, 9.17) is 11.0 Å². The number of nitrogens with one attached hydrogen (secondary N) is 2. The topological polar surface area (TPSA) is 162 Å². The smallest absolute Gasteiger partial charge is 0.331 e. The zero-order chi connectivity index (χ0) is 28.6. The molecule has 1 fully saturated rings. The molecule has 40 heavy (non-hydrogen) atoms. The molecule has 1 aromatic carbocycles. The van der Waals surface area contributed by atoms with Gasteiger partial charge in [0.15, 0.2) is 5.65 Å². The summed E-state index contributed by atoms with van der Waals surface area (Å²) in [6.07, 6.45) is 5.42. The summed E-state index contributed by atoms with van der Waals surface area (Å²) in [5.74, 6) is 0.608. The normalized spacial score (nSPS) is 16.8. The van der Waals surface area contributed by atoms with E-state index in [2.05, 4.69) is 27.5 Å². The maximum Gasteiger partial charge on any atom is 0.331 e. The van der Waals surface area contributed by atoms with Crippen molar-refractivity contribution in [3.63, 3.8) is 0 Å². The number of likely N-dealkylation sites (N-methyl/N-ethyl adjacent to an activating group) is 1. The average Bonchev–Trinajstić information content (AvgIpc) is 3.40. The largest absolute Gasteiger partial charge is 0.354 e. The molecule has 210 valence electrons. The second-order valence-corrected chi connectivity index (χ2v) is 10.00. The summed E-state index contributed by atoms with van der Waals surface area (Å²) in [5.41, 5.74) is 6.97. The van der Waals surface area contributed by atoms with E-state index in [0.29, 0.717) is 60.2 Å². The van der Waals surface area contributed by atoms with Crippen LogP contribution in [0.5, 0.6) is 0 Å². The summed E-state index contributed by atoms with van der Waals surface area (Å²) >= 11 is 0. The van der Waals surface area contributed by atoms with Gasteiger partial charge < -0.3 is 26.2 Å². The molecule has 1 aliphatic heterocycles. The van der Waals surface area contributed by atoms with Crippen molar-refractivity contribution in [3.05, 3.63) is 48.4 Å². The van der Waals surface area contributed by atoms with Gasteiger partial charge in [-0.1, -0.05) is 6.92 Å². The maximum atomic E-state index is 13.1. The highest BCUT2D eigenvalue weighted by molar-refractivity contribution is 6.00. The maximum absolute atomic E-state index is 13.1. The van der Waals surface area contributed by atoms with Crippen LogP contribution in [0.15, 0.2) is 42.9 Å². The number of anilines is 2. The molecule has 1 aliphatic rings. The molecular weight excluding hydrogens is 510 g/mol. The summed E-state index contributed by atoms with van der Waals surface area (Å²) in [6.45, 7) is 4.41. The van der Waals surface area contributed by atoms with Crippen LogP contribution in [0.4, 0.5) is 16.3 Å². The summed E-state index contributed by atoms with van der Waals surface area (Å²) in [5, 5.41) is 15.3. The number of nitrogens with two attached hydrogens (primary N) is 1. The number of carbonyl (C=O) groups excluding carboxylic acids is 3. The molecule has 1 saturated heterocycles. The standard InChI is InChI=1S/C28H35N9O3/c1-19-10-15-36(24(38)9-13-30)17-23(19)35(2)25-22-11-16-37(26(22)33-18-32-25)28(40)34-21-7-5-20(6-8-21)27(39)31-14-4-3-12-29/h5-8,11,16,18-19,23H,3-4,9-10,12,14-15,17,29H2,1-2H3,(H,31,39)(H,34,40)/t19-,23+/m1/s1. The lowest BCUT2D eigenvalue weighted by molar-refractivity contribution is -0.131. The molecule has 0 bridgehead atoms. The van der Waals surface area contributed by atoms with Crippen molar-refractivity contribution in [1.29, 1.82) is 5.26 Å². The molecule has 12 nitrogen and oxygen atoms in total. The van der Waals surface area contributed by atoms with Gasteiger partial charge in [0.2, 0.25) is 5.91 Å². The molecule has 3 heterocycles. The van der Waals surface area contributed by atoms with Crippen LogP contribution < -0.4 is 21.3 Å². The van der Waals surface area contributed by atoms with Gasteiger partial charge in [-0.3, -0.25) is 14.2 Å². The Kier molecular flexibility index (Phi) is 9.29. The predicted octanol–water partition coefficient (Wildman–Crippen LogP) is 2.57. The van der Waals surface area contributed by atoms with Crippen molar-refractivity contribution in [3.8, 4) is 6.07 Å². The van der Waals surface area contributed by atoms with Crippen molar-refractivity contribution in [2.45, 2.75) is 38.6 Å². The molecule has 0 unspecified atom stereocenters. The Morgan fingerprint density at radius 3 is 2.67 bits per heavy atom. The van der Waals surface area contributed by atoms with Gasteiger partial charge in [-0.15, -0.1) is 0 Å². The van der Waals surface area contributed by atoms with Crippen LogP contribution in [-0.4, -0.2) is 76.5 Å². The summed E-state index contributed by atoms with van der Waals surface area (Å²) in [4.78, 5) is 50.4. The molecule has 3 amide bonds. The first-order valence-corrected chi connectivity index (χ1v) is 13.4. The number of aromatic nitrogens is 3. The number of rotatable bonds is 9.